The molecule has 0 saturated carbocycles. The van der Waals surface area contributed by atoms with E-state index in [4.69, 9.17) is 0 Å². The normalized spacial score (nSPS) is 14.8. The molecule has 2 nitrogen and oxygen atoms in total. The fourth-order valence-corrected chi connectivity index (χ4v) is 7.25. The van der Waals surface area contributed by atoms with Gasteiger partial charge in [0.05, 0.1) is 0 Å². The number of hydrogen-bond acceptors (Lipinski definition) is 2. The third kappa shape index (κ3) is 25.5. The van der Waals surface area contributed by atoms with Gasteiger partial charge in [-0.05, 0) is 25.7 Å². The Bertz CT molecular complexity index is 572. The zero-order valence-corrected chi connectivity index (χ0v) is 31.1. The van der Waals surface area contributed by atoms with Crippen LogP contribution in [-0.2, 0) is 0 Å². The maximum atomic E-state index is 2.72. The summed E-state index contributed by atoms with van der Waals surface area (Å²) in [6.45, 7) is 9.48. The van der Waals surface area contributed by atoms with Crippen molar-refractivity contribution in [2.24, 2.45) is 0 Å². The Hall–Kier alpha value is -0.660. The SMILES string of the molecule is CCCCCCCCCCCCCCC1N(CCCCCCCCCCC)C=CN1CCCCCCCCCCCCCC. The highest BCUT2D eigenvalue weighted by molar-refractivity contribution is 4.97. The minimum absolute atomic E-state index is 0.639. The van der Waals surface area contributed by atoms with Crippen LogP contribution in [0.4, 0.5) is 0 Å². The number of hydrogen-bond donors (Lipinski definition) is 0. The van der Waals surface area contributed by atoms with Crippen LogP contribution in [0, 0.1) is 0 Å². The first-order valence-corrected chi connectivity index (χ1v) is 21.0. The summed E-state index contributed by atoms with van der Waals surface area (Å²) in [6.07, 6.45) is 54.4. The molecule has 1 aliphatic heterocycles. The monoisotopic (exact) mass is 617 g/mol. The van der Waals surface area contributed by atoms with Crippen LogP contribution >= 0.6 is 0 Å². The van der Waals surface area contributed by atoms with E-state index in [-0.39, 0.29) is 0 Å². The average molecular weight is 617 g/mol. The van der Waals surface area contributed by atoms with Gasteiger partial charge in [0.2, 0.25) is 0 Å². The van der Waals surface area contributed by atoms with Gasteiger partial charge < -0.3 is 9.80 Å². The summed E-state index contributed by atoms with van der Waals surface area (Å²) in [5.41, 5.74) is 0. The van der Waals surface area contributed by atoms with E-state index in [0.717, 1.165) is 0 Å². The van der Waals surface area contributed by atoms with Crippen molar-refractivity contribution in [3.8, 4) is 0 Å². The number of rotatable bonds is 36. The van der Waals surface area contributed by atoms with Crippen LogP contribution in [0.5, 0.6) is 0 Å². The van der Waals surface area contributed by atoms with E-state index in [2.05, 4.69) is 43.0 Å². The molecule has 1 aliphatic rings. The highest BCUT2D eigenvalue weighted by atomic mass is 15.4. The molecule has 0 aliphatic carbocycles. The third-order valence-electron chi connectivity index (χ3n) is 10.3. The molecular weight excluding hydrogens is 532 g/mol. The second kappa shape index (κ2) is 33.7. The van der Waals surface area contributed by atoms with Gasteiger partial charge in [-0.1, -0.05) is 213 Å². The molecule has 262 valence electrons. The van der Waals surface area contributed by atoms with E-state index in [1.54, 1.807) is 0 Å². The van der Waals surface area contributed by atoms with Gasteiger partial charge in [-0.3, -0.25) is 0 Å². The summed E-state index contributed by atoms with van der Waals surface area (Å²) in [4.78, 5) is 5.45. The number of unbranched alkanes of at least 4 members (excludes halogenated alkanes) is 30. The van der Waals surface area contributed by atoms with Crippen LogP contribution in [-0.4, -0.2) is 29.1 Å². The Labute approximate surface area is 280 Å². The summed E-state index contributed by atoms with van der Waals surface area (Å²) in [5, 5.41) is 0. The van der Waals surface area contributed by atoms with Gasteiger partial charge in [0.15, 0.2) is 0 Å². The summed E-state index contributed by atoms with van der Waals surface area (Å²) in [5.74, 6) is 0. The van der Waals surface area contributed by atoms with Crippen LogP contribution < -0.4 is 0 Å². The molecule has 1 unspecified atom stereocenters. The lowest BCUT2D eigenvalue weighted by molar-refractivity contribution is 0.135. The van der Waals surface area contributed by atoms with E-state index in [0.29, 0.717) is 6.17 Å². The Morgan fingerprint density at radius 1 is 0.295 bits per heavy atom. The van der Waals surface area contributed by atoms with Crippen molar-refractivity contribution >= 4 is 0 Å². The Balaban J connectivity index is 2.22. The summed E-state index contributed by atoms with van der Waals surface area (Å²) in [7, 11) is 0. The Morgan fingerprint density at radius 2 is 0.523 bits per heavy atom. The zero-order valence-electron chi connectivity index (χ0n) is 31.1. The zero-order chi connectivity index (χ0) is 31.6. The molecule has 0 aromatic carbocycles. The largest absolute Gasteiger partial charge is 0.356 e. The predicted molar refractivity (Wildman–Crippen MR) is 200 cm³/mol. The molecule has 0 spiro atoms. The average Bonchev–Trinajstić information content (AvgIpc) is 3.42. The molecule has 1 rings (SSSR count). The topological polar surface area (TPSA) is 6.48 Å². The van der Waals surface area contributed by atoms with Crippen LogP contribution in [0.25, 0.3) is 0 Å². The van der Waals surface area contributed by atoms with Crippen molar-refractivity contribution in [2.45, 2.75) is 245 Å². The van der Waals surface area contributed by atoms with Gasteiger partial charge in [-0.25, -0.2) is 0 Å². The quantitative estimate of drug-likeness (QED) is 0.0646. The maximum Gasteiger partial charge on any atom is 0.101 e. The van der Waals surface area contributed by atoms with E-state index in [9.17, 15) is 0 Å². The molecule has 0 amide bonds. The van der Waals surface area contributed by atoms with Crippen molar-refractivity contribution in [2.75, 3.05) is 13.1 Å². The Morgan fingerprint density at radius 3 is 0.795 bits per heavy atom. The van der Waals surface area contributed by atoms with Gasteiger partial charge in [0, 0.05) is 25.5 Å². The highest BCUT2D eigenvalue weighted by Crippen LogP contribution is 2.24. The van der Waals surface area contributed by atoms with Crippen molar-refractivity contribution in [1.82, 2.24) is 9.80 Å². The lowest BCUT2D eigenvalue weighted by Crippen LogP contribution is -2.39. The minimum Gasteiger partial charge on any atom is -0.356 e. The molecule has 44 heavy (non-hydrogen) atoms. The van der Waals surface area contributed by atoms with E-state index in [1.807, 2.05) is 0 Å². The maximum absolute atomic E-state index is 2.72. The van der Waals surface area contributed by atoms with Gasteiger partial charge in [-0.15, -0.1) is 0 Å². The van der Waals surface area contributed by atoms with Gasteiger partial charge in [-0.2, -0.15) is 0 Å². The molecule has 0 saturated heterocycles. The molecule has 0 fully saturated rings. The van der Waals surface area contributed by atoms with Crippen LogP contribution in [0.2, 0.25) is 0 Å². The molecule has 0 bridgehead atoms. The molecule has 1 heterocycles. The molecule has 0 radical (unpaired) electrons. The van der Waals surface area contributed by atoms with Crippen LogP contribution in [0.15, 0.2) is 12.4 Å². The molecule has 1 atom stereocenters. The molecule has 0 N–H and O–H groups in total. The van der Waals surface area contributed by atoms with Gasteiger partial charge >= 0.3 is 0 Å². The molecule has 0 aromatic heterocycles. The van der Waals surface area contributed by atoms with Crippen molar-refractivity contribution in [1.29, 1.82) is 0 Å². The van der Waals surface area contributed by atoms with Gasteiger partial charge in [0.1, 0.15) is 6.17 Å². The van der Waals surface area contributed by atoms with Crippen molar-refractivity contribution < 1.29 is 0 Å². The number of nitrogens with zero attached hydrogens (tertiary/aromatic N) is 2. The summed E-state index contributed by atoms with van der Waals surface area (Å²) in [6, 6.07) is 0. The lowest BCUT2D eigenvalue weighted by atomic mass is 10.0. The Kier molecular flexibility index (Phi) is 31.7. The van der Waals surface area contributed by atoms with Gasteiger partial charge in [0.25, 0.3) is 0 Å². The summed E-state index contributed by atoms with van der Waals surface area (Å²) < 4.78 is 0. The fourth-order valence-electron chi connectivity index (χ4n) is 7.25. The van der Waals surface area contributed by atoms with E-state index >= 15 is 0 Å². The molecule has 2 heteroatoms. The second-order valence-corrected chi connectivity index (χ2v) is 14.6. The molecule has 0 aromatic rings. The van der Waals surface area contributed by atoms with E-state index < -0.39 is 0 Å². The predicted octanol–water partition coefficient (Wildman–Crippen LogP) is 14.7. The summed E-state index contributed by atoms with van der Waals surface area (Å²) >= 11 is 0. The van der Waals surface area contributed by atoms with E-state index in [1.165, 1.54) is 231 Å². The lowest BCUT2D eigenvalue weighted by Gasteiger charge is -2.33. The molecular formula is C42H84N2. The fraction of sp³-hybridized carbons (Fsp3) is 0.952. The first-order valence-electron chi connectivity index (χ1n) is 21.0. The smallest absolute Gasteiger partial charge is 0.101 e. The van der Waals surface area contributed by atoms with Crippen LogP contribution in [0.1, 0.15) is 239 Å². The standard InChI is InChI=1S/C42H84N2/c1-4-7-10-13-16-19-21-23-25-28-31-34-37-42-43(38-35-32-29-26-18-15-12-9-6-3)40-41-44(42)39-36-33-30-27-24-22-20-17-14-11-8-5-2/h40-42H,4-39H2,1-3H3. The third-order valence-corrected chi connectivity index (χ3v) is 10.3. The van der Waals surface area contributed by atoms with Crippen LogP contribution in [0.3, 0.4) is 0 Å². The highest BCUT2D eigenvalue weighted by Gasteiger charge is 2.24. The van der Waals surface area contributed by atoms with Crippen molar-refractivity contribution in [3.63, 3.8) is 0 Å². The first-order chi connectivity index (χ1) is 21.8. The first kappa shape index (κ1) is 41.4. The minimum atomic E-state index is 0.639. The van der Waals surface area contributed by atoms with Crippen molar-refractivity contribution in [3.05, 3.63) is 12.4 Å². The second-order valence-electron chi connectivity index (χ2n) is 14.6.